The predicted molar refractivity (Wildman–Crippen MR) is 70.9 cm³/mol. The summed E-state index contributed by atoms with van der Waals surface area (Å²) in [6, 6.07) is 5.47. The van der Waals surface area contributed by atoms with Crippen LogP contribution in [0, 0.1) is 5.92 Å². The molecule has 0 aliphatic heterocycles. The van der Waals surface area contributed by atoms with E-state index in [0.29, 0.717) is 28.4 Å². The molecule has 0 atom stereocenters. The lowest BCUT2D eigenvalue weighted by atomic mass is 10.2. The van der Waals surface area contributed by atoms with Crippen molar-refractivity contribution in [2.45, 2.75) is 19.4 Å². The minimum atomic E-state index is 0.226. The number of nitrogens with two attached hydrogens (primary N) is 1. The van der Waals surface area contributed by atoms with Crippen molar-refractivity contribution in [1.82, 2.24) is 10.1 Å². The minimum Gasteiger partial charge on any atom is -0.492 e. The van der Waals surface area contributed by atoms with Crippen LogP contribution in [0.5, 0.6) is 5.75 Å². The van der Waals surface area contributed by atoms with Crippen LogP contribution in [0.2, 0.25) is 5.02 Å². The molecule has 3 rings (SSSR count). The van der Waals surface area contributed by atoms with Crippen molar-refractivity contribution >= 4 is 11.6 Å². The molecule has 0 unspecified atom stereocenters. The summed E-state index contributed by atoms with van der Waals surface area (Å²) in [6.07, 6.45) is 2.50. The smallest absolute Gasteiger partial charge is 0.240 e. The Balaban J connectivity index is 1.77. The third kappa shape index (κ3) is 2.88. The van der Waals surface area contributed by atoms with Crippen LogP contribution in [0.25, 0.3) is 11.4 Å². The van der Waals surface area contributed by atoms with Crippen LogP contribution in [0.3, 0.4) is 0 Å². The molecule has 100 valence electrons. The summed E-state index contributed by atoms with van der Waals surface area (Å²) in [4.78, 5) is 4.15. The van der Waals surface area contributed by atoms with Gasteiger partial charge >= 0.3 is 0 Å². The van der Waals surface area contributed by atoms with Crippen molar-refractivity contribution in [1.29, 1.82) is 0 Å². The molecule has 2 aromatic rings. The molecule has 0 radical (unpaired) electrons. The van der Waals surface area contributed by atoms with Gasteiger partial charge in [-0.05, 0) is 37.0 Å². The number of halogens is 1. The third-order valence-corrected chi connectivity index (χ3v) is 3.30. The first kappa shape index (κ1) is 12.4. The van der Waals surface area contributed by atoms with Gasteiger partial charge in [0, 0.05) is 5.56 Å². The van der Waals surface area contributed by atoms with Crippen molar-refractivity contribution in [3.8, 4) is 17.1 Å². The van der Waals surface area contributed by atoms with E-state index in [0.717, 1.165) is 12.2 Å². The van der Waals surface area contributed by atoms with E-state index < -0.39 is 0 Å². The zero-order chi connectivity index (χ0) is 13.2. The summed E-state index contributed by atoms with van der Waals surface area (Å²) in [7, 11) is 0. The van der Waals surface area contributed by atoms with Gasteiger partial charge in [0.25, 0.3) is 0 Å². The maximum Gasteiger partial charge on any atom is 0.240 e. The molecule has 1 fully saturated rings. The monoisotopic (exact) mass is 279 g/mol. The second kappa shape index (κ2) is 5.19. The van der Waals surface area contributed by atoms with E-state index in [4.69, 9.17) is 26.6 Å². The van der Waals surface area contributed by atoms with Gasteiger partial charge in [0.15, 0.2) is 0 Å². The molecule has 1 heterocycles. The van der Waals surface area contributed by atoms with Gasteiger partial charge in [-0.15, -0.1) is 0 Å². The van der Waals surface area contributed by atoms with E-state index >= 15 is 0 Å². The Morgan fingerprint density at radius 2 is 2.26 bits per heavy atom. The van der Waals surface area contributed by atoms with Crippen LogP contribution in [0.4, 0.5) is 0 Å². The average molecular weight is 280 g/mol. The van der Waals surface area contributed by atoms with E-state index in [1.54, 1.807) is 6.07 Å². The Hall–Kier alpha value is -1.59. The quantitative estimate of drug-likeness (QED) is 0.911. The number of benzene rings is 1. The molecule has 1 aromatic carbocycles. The van der Waals surface area contributed by atoms with Crippen molar-refractivity contribution in [3.05, 3.63) is 29.1 Å². The van der Waals surface area contributed by atoms with E-state index in [1.165, 1.54) is 12.8 Å². The van der Waals surface area contributed by atoms with Crippen LogP contribution in [-0.2, 0) is 6.54 Å². The number of nitrogens with zero attached hydrogens (tertiary/aromatic N) is 2. The SMILES string of the molecule is NCc1nc(-c2ccc(OCC3CC3)c(Cl)c2)no1. The molecule has 5 nitrogen and oxygen atoms in total. The maximum absolute atomic E-state index is 6.19. The van der Waals surface area contributed by atoms with Gasteiger partial charge in [-0.2, -0.15) is 4.98 Å². The van der Waals surface area contributed by atoms with Crippen LogP contribution in [0.1, 0.15) is 18.7 Å². The van der Waals surface area contributed by atoms with Crippen LogP contribution >= 0.6 is 11.6 Å². The highest BCUT2D eigenvalue weighted by Crippen LogP contribution is 2.33. The molecule has 2 N–H and O–H groups in total. The fourth-order valence-corrected chi connectivity index (χ4v) is 1.94. The van der Waals surface area contributed by atoms with Crippen molar-refractivity contribution in [2.24, 2.45) is 11.7 Å². The fourth-order valence-electron chi connectivity index (χ4n) is 1.70. The molecular weight excluding hydrogens is 266 g/mol. The Morgan fingerprint density at radius 1 is 1.42 bits per heavy atom. The molecule has 19 heavy (non-hydrogen) atoms. The molecule has 1 aliphatic carbocycles. The van der Waals surface area contributed by atoms with Crippen LogP contribution < -0.4 is 10.5 Å². The highest BCUT2D eigenvalue weighted by Gasteiger charge is 2.22. The molecule has 0 saturated heterocycles. The lowest BCUT2D eigenvalue weighted by molar-refractivity contribution is 0.300. The molecule has 1 aromatic heterocycles. The molecular formula is C13H14ClN3O2. The first-order valence-electron chi connectivity index (χ1n) is 6.21. The van der Waals surface area contributed by atoms with Gasteiger partial charge in [0.1, 0.15) is 5.75 Å². The minimum absolute atomic E-state index is 0.226. The Kier molecular flexibility index (Phi) is 3.40. The number of ether oxygens (including phenoxy) is 1. The highest BCUT2D eigenvalue weighted by molar-refractivity contribution is 6.32. The van der Waals surface area contributed by atoms with E-state index in [2.05, 4.69) is 10.1 Å². The Labute approximate surface area is 115 Å². The van der Waals surface area contributed by atoms with E-state index in [1.807, 2.05) is 12.1 Å². The van der Waals surface area contributed by atoms with Gasteiger partial charge in [-0.1, -0.05) is 16.8 Å². The van der Waals surface area contributed by atoms with Crippen molar-refractivity contribution < 1.29 is 9.26 Å². The summed E-state index contributed by atoms with van der Waals surface area (Å²) < 4.78 is 10.6. The first-order chi connectivity index (χ1) is 9.26. The van der Waals surface area contributed by atoms with Gasteiger partial charge in [0.2, 0.25) is 11.7 Å². The summed E-state index contributed by atoms with van der Waals surface area (Å²) >= 11 is 6.19. The number of aromatic nitrogens is 2. The molecule has 0 spiro atoms. The van der Waals surface area contributed by atoms with Gasteiger partial charge in [0.05, 0.1) is 18.2 Å². The molecule has 1 saturated carbocycles. The van der Waals surface area contributed by atoms with Crippen molar-refractivity contribution in [2.75, 3.05) is 6.61 Å². The summed E-state index contributed by atoms with van der Waals surface area (Å²) in [6.45, 7) is 0.960. The van der Waals surface area contributed by atoms with E-state index in [9.17, 15) is 0 Å². The normalized spacial score (nSPS) is 14.6. The topological polar surface area (TPSA) is 74.2 Å². The second-order valence-electron chi connectivity index (χ2n) is 4.62. The van der Waals surface area contributed by atoms with Crippen LogP contribution in [0.15, 0.2) is 22.7 Å². The first-order valence-corrected chi connectivity index (χ1v) is 6.59. The van der Waals surface area contributed by atoms with Crippen molar-refractivity contribution in [3.63, 3.8) is 0 Å². The predicted octanol–water partition coefficient (Wildman–Crippen LogP) is 2.64. The standard InChI is InChI=1S/C13H14ClN3O2/c14-10-5-9(13-16-12(6-15)19-17-13)3-4-11(10)18-7-8-1-2-8/h3-5,8H,1-2,6-7,15H2. The molecule has 6 heteroatoms. The molecule has 1 aliphatic rings. The highest BCUT2D eigenvalue weighted by atomic mass is 35.5. The number of rotatable bonds is 5. The van der Waals surface area contributed by atoms with E-state index in [-0.39, 0.29) is 6.54 Å². The van der Waals surface area contributed by atoms with Gasteiger partial charge in [-0.25, -0.2) is 0 Å². The third-order valence-electron chi connectivity index (χ3n) is 3.00. The number of hydrogen-bond acceptors (Lipinski definition) is 5. The second-order valence-corrected chi connectivity index (χ2v) is 5.02. The fraction of sp³-hybridized carbons (Fsp3) is 0.385. The van der Waals surface area contributed by atoms with Gasteiger partial charge < -0.3 is 15.0 Å². The summed E-state index contributed by atoms with van der Waals surface area (Å²) in [5.74, 6) is 2.27. The zero-order valence-corrected chi connectivity index (χ0v) is 11.1. The molecule has 0 bridgehead atoms. The average Bonchev–Trinajstić information content (AvgIpc) is 3.12. The molecule has 0 amide bonds. The lowest BCUT2D eigenvalue weighted by Gasteiger charge is -2.07. The zero-order valence-electron chi connectivity index (χ0n) is 10.3. The Bertz CT molecular complexity index is 581. The lowest BCUT2D eigenvalue weighted by Crippen LogP contribution is -1.99. The summed E-state index contributed by atoms with van der Waals surface area (Å²) in [5, 5.41) is 4.40. The number of hydrogen-bond donors (Lipinski definition) is 1. The maximum atomic E-state index is 6.19. The Morgan fingerprint density at radius 3 is 2.89 bits per heavy atom. The van der Waals surface area contributed by atoms with Crippen LogP contribution in [-0.4, -0.2) is 16.7 Å². The summed E-state index contributed by atoms with van der Waals surface area (Å²) in [5.41, 5.74) is 6.21. The largest absolute Gasteiger partial charge is 0.492 e. The van der Waals surface area contributed by atoms with Gasteiger partial charge in [-0.3, -0.25) is 0 Å².